The highest BCUT2D eigenvalue weighted by Crippen LogP contribution is 2.39. The molecule has 1 heterocycles. The first-order valence-corrected chi connectivity index (χ1v) is 7.24. The van der Waals surface area contributed by atoms with Crippen molar-refractivity contribution >= 4 is 68.4 Å². The van der Waals surface area contributed by atoms with Gasteiger partial charge in [0.15, 0.2) is 0 Å². The van der Waals surface area contributed by atoms with Crippen LogP contribution in [0, 0.1) is 2.88 Å². The lowest BCUT2D eigenvalue weighted by atomic mass is 10.3. The van der Waals surface area contributed by atoms with Crippen LogP contribution in [0.15, 0.2) is 28.0 Å². The Morgan fingerprint density at radius 1 is 1.46 bits per heavy atom. The number of halogens is 1. The highest BCUT2D eigenvalue weighted by Gasteiger charge is 2.09. The van der Waals surface area contributed by atoms with Gasteiger partial charge in [0.05, 0.1) is 2.88 Å². The number of thiophene rings is 1. The molecule has 0 saturated heterocycles. The van der Waals surface area contributed by atoms with Crippen LogP contribution in [-0.2, 0) is 0 Å². The summed E-state index contributed by atoms with van der Waals surface area (Å²) in [5.41, 5.74) is 0. The number of hydrogen-bond donors (Lipinski definition) is 1. The third-order valence-electron chi connectivity index (χ3n) is 1.83. The average molecular weight is 338 g/mol. The summed E-state index contributed by atoms with van der Waals surface area (Å²) < 4.78 is 2.61. The summed E-state index contributed by atoms with van der Waals surface area (Å²) in [5, 5.41) is 1.31. The van der Waals surface area contributed by atoms with Gasteiger partial charge in [-0.25, -0.2) is 0 Å². The van der Waals surface area contributed by atoms with Gasteiger partial charge in [-0.3, -0.25) is 0 Å². The summed E-state index contributed by atoms with van der Waals surface area (Å²) in [5.74, 6) is 0. The molecule has 0 unspecified atom stereocenters. The zero-order valence-corrected chi connectivity index (χ0v) is 11.6. The van der Waals surface area contributed by atoms with Gasteiger partial charge >= 0.3 is 0 Å². The van der Waals surface area contributed by atoms with E-state index in [4.69, 9.17) is 0 Å². The number of hydrogen-bond acceptors (Lipinski definition) is 3. The van der Waals surface area contributed by atoms with Crippen molar-refractivity contribution in [2.24, 2.45) is 0 Å². The van der Waals surface area contributed by atoms with E-state index in [1.54, 1.807) is 23.1 Å². The standard InChI is InChI=1S/C9H7IS3/c1-12-5-3-2-4-6-7(5)8(11)9(10)13-6/h2-4,11H,1H3. The molecule has 0 radical (unpaired) electrons. The molecular formula is C9H7IS3. The van der Waals surface area contributed by atoms with Crippen molar-refractivity contribution in [2.45, 2.75) is 9.79 Å². The van der Waals surface area contributed by atoms with E-state index in [0.717, 1.165) is 4.90 Å². The number of thioether (sulfide) groups is 1. The SMILES string of the molecule is CSc1cccc2sc(I)c(S)c12. The second-order valence-corrected chi connectivity index (χ2v) is 6.72. The van der Waals surface area contributed by atoms with E-state index in [1.165, 1.54) is 17.9 Å². The molecular weight excluding hydrogens is 331 g/mol. The molecule has 4 heteroatoms. The highest BCUT2D eigenvalue weighted by molar-refractivity contribution is 14.1. The van der Waals surface area contributed by atoms with Crippen LogP contribution >= 0.6 is 58.3 Å². The van der Waals surface area contributed by atoms with E-state index in [0.29, 0.717) is 0 Å². The molecule has 0 nitrogen and oxygen atoms in total. The maximum absolute atomic E-state index is 4.53. The van der Waals surface area contributed by atoms with Crippen LogP contribution < -0.4 is 0 Å². The summed E-state index contributed by atoms with van der Waals surface area (Å²) in [6, 6.07) is 6.41. The van der Waals surface area contributed by atoms with E-state index in [9.17, 15) is 0 Å². The number of rotatable bonds is 1. The maximum atomic E-state index is 4.53. The quantitative estimate of drug-likeness (QED) is 0.453. The first kappa shape index (κ1) is 10.1. The molecule has 0 saturated carbocycles. The van der Waals surface area contributed by atoms with Gasteiger partial charge in [-0.1, -0.05) is 6.07 Å². The fraction of sp³-hybridized carbons (Fsp3) is 0.111. The van der Waals surface area contributed by atoms with Crippen molar-refractivity contribution in [2.75, 3.05) is 6.26 Å². The first-order chi connectivity index (χ1) is 6.24. The third kappa shape index (κ3) is 1.73. The third-order valence-corrected chi connectivity index (χ3v) is 5.78. The van der Waals surface area contributed by atoms with Crippen LogP contribution in [0.1, 0.15) is 0 Å². The zero-order valence-electron chi connectivity index (χ0n) is 6.87. The molecule has 68 valence electrons. The van der Waals surface area contributed by atoms with E-state index in [2.05, 4.69) is 59.7 Å². The molecule has 0 amide bonds. The molecule has 0 spiro atoms. The van der Waals surface area contributed by atoms with Crippen LogP contribution in [0.2, 0.25) is 0 Å². The van der Waals surface area contributed by atoms with Gasteiger partial charge in [-0.2, -0.15) is 0 Å². The second-order valence-electron chi connectivity index (χ2n) is 2.56. The minimum atomic E-state index is 1.13. The van der Waals surface area contributed by atoms with Crippen molar-refractivity contribution in [3.63, 3.8) is 0 Å². The van der Waals surface area contributed by atoms with Crippen molar-refractivity contribution in [1.29, 1.82) is 0 Å². The fourth-order valence-electron chi connectivity index (χ4n) is 1.24. The first-order valence-electron chi connectivity index (χ1n) is 3.68. The molecule has 13 heavy (non-hydrogen) atoms. The van der Waals surface area contributed by atoms with Crippen LogP contribution in [0.3, 0.4) is 0 Å². The van der Waals surface area contributed by atoms with E-state index in [-0.39, 0.29) is 0 Å². The van der Waals surface area contributed by atoms with Crippen molar-refractivity contribution < 1.29 is 0 Å². The van der Waals surface area contributed by atoms with Gasteiger partial charge < -0.3 is 0 Å². The second kappa shape index (κ2) is 4.00. The molecule has 2 aromatic rings. The Labute approximate surface area is 105 Å². The molecule has 2 rings (SSSR count). The summed E-state index contributed by atoms with van der Waals surface area (Å²) in [4.78, 5) is 2.45. The lowest BCUT2D eigenvalue weighted by Gasteiger charge is -1.98. The Morgan fingerprint density at radius 2 is 2.23 bits per heavy atom. The summed E-state index contributed by atoms with van der Waals surface area (Å²) in [6.07, 6.45) is 2.10. The molecule has 0 aliphatic carbocycles. The minimum Gasteiger partial charge on any atom is -0.141 e. The Morgan fingerprint density at radius 3 is 2.92 bits per heavy atom. The van der Waals surface area contributed by atoms with Gasteiger partial charge in [0, 0.05) is 19.9 Å². The minimum absolute atomic E-state index is 1.13. The number of benzene rings is 1. The van der Waals surface area contributed by atoms with Crippen molar-refractivity contribution in [3.8, 4) is 0 Å². The Balaban J connectivity index is 2.87. The predicted octanol–water partition coefficient (Wildman–Crippen LogP) is 4.52. The lowest BCUT2D eigenvalue weighted by Crippen LogP contribution is -1.72. The smallest absolute Gasteiger partial charge is 0.0799 e. The van der Waals surface area contributed by atoms with Gasteiger partial charge in [0.25, 0.3) is 0 Å². The average Bonchev–Trinajstić information content (AvgIpc) is 2.43. The fourth-order valence-corrected chi connectivity index (χ4v) is 4.30. The Kier molecular flexibility index (Phi) is 3.12. The van der Waals surface area contributed by atoms with E-state index < -0.39 is 0 Å². The summed E-state index contributed by atoms with van der Waals surface area (Å²) in [7, 11) is 0. The van der Waals surface area contributed by atoms with Crippen molar-refractivity contribution in [3.05, 3.63) is 21.1 Å². The number of fused-ring (bicyclic) bond motifs is 1. The van der Waals surface area contributed by atoms with Gasteiger partial charge in [0.1, 0.15) is 0 Å². The van der Waals surface area contributed by atoms with Crippen molar-refractivity contribution in [1.82, 2.24) is 0 Å². The predicted molar refractivity (Wildman–Crippen MR) is 73.6 cm³/mol. The molecule has 0 atom stereocenters. The van der Waals surface area contributed by atoms with Crippen LogP contribution in [-0.4, -0.2) is 6.26 Å². The molecule has 0 aliphatic rings. The molecule has 0 N–H and O–H groups in total. The molecule has 1 aromatic heterocycles. The maximum Gasteiger partial charge on any atom is 0.0799 e. The lowest BCUT2D eigenvalue weighted by molar-refractivity contribution is 1.49. The normalized spacial score (nSPS) is 11.0. The zero-order chi connectivity index (χ0) is 9.42. The van der Waals surface area contributed by atoms with E-state index >= 15 is 0 Å². The molecule has 0 fully saturated rings. The largest absolute Gasteiger partial charge is 0.141 e. The molecule has 1 aromatic carbocycles. The Bertz CT molecular complexity index is 447. The van der Waals surface area contributed by atoms with Gasteiger partial charge in [-0.15, -0.1) is 35.7 Å². The topological polar surface area (TPSA) is 0 Å². The summed E-state index contributed by atoms with van der Waals surface area (Å²) in [6.45, 7) is 0. The monoisotopic (exact) mass is 338 g/mol. The van der Waals surface area contributed by atoms with E-state index in [1.807, 2.05) is 0 Å². The summed E-state index contributed by atoms with van der Waals surface area (Å²) >= 11 is 10.5. The molecule has 0 bridgehead atoms. The number of thiol groups is 1. The van der Waals surface area contributed by atoms with Gasteiger partial charge in [-0.05, 0) is 41.0 Å². The van der Waals surface area contributed by atoms with Crippen LogP contribution in [0.25, 0.3) is 10.1 Å². The Hall–Kier alpha value is 0.610. The van der Waals surface area contributed by atoms with Crippen LogP contribution in [0.4, 0.5) is 0 Å². The van der Waals surface area contributed by atoms with Gasteiger partial charge in [0.2, 0.25) is 0 Å². The molecule has 0 aliphatic heterocycles. The highest BCUT2D eigenvalue weighted by atomic mass is 127. The van der Waals surface area contributed by atoms with Crippen LogP contribution in [0.5, 0.6) is 0 Å².